The average molecular weight is 430 g/mol. The van der Waals surface area contributed by atoms with Crippen LogP contribution in [0.2, 0.25) is 18.1 Å². The van der Waals surface area contributed by atoms with E-state index in [1.54, 1.807) is 0 Å². The molecule has 4 rings (SSSR count). The van der Waals surface area contributed by atoms with Crippen LogP contribution < -0.4 is 0 Å². The Hall–Kier alpha value is -1.55. The number of hydrogen-bond acceptors (Lipinski definition) is 0. The first-order chi connectivity index (χ1) is 14.6. The third kappa shape index (κ3) is 4.54. The van der Waals surface area contributed by atoms with Crippen LogP contribution in [0.25, 0.3) is 11.1 Å². The molecule has 4 heteroatoms. The van der Waals surface area contributed by atoms with Gasteiger partial charge in [0.05, 0.1) is 0 Å². The Labute approximate surface area is 180 Å². The fraction of sp³-hybridized carbons (Fsp3) is 0.538. The van der Waals surface area contributed by atoms with Crippen LogP contribution in [0.5, 0.6) is 0 Å². The van der Waals surface area contributed by atoms with Gasteiger partial charge in [0.15, 0.2) is 17.5 Å². The number of halogens is 3. The standard InChI is InChI=1S/C26H32F3Si/c1-2-14-30-15-12-19(13-16-30)18-8-10-21(11-9-18)24-22(20-6-4-3-5-7-20)17-23(27)25(28)26(24)29/h3-7,17-19,21H,2,8-16H2,1H3. The first-order valence-corrected chi connectivity index (χ1v) is 13.8. The molecular formula is C26H32F3Si. The maximum absolute atomic E-state index is 14.9. The fourth-order valence-corrected chi connectivity index (χ4v) is 8.88. The molecule has 1 aliphatic carbocycles. The lowest BCUT2D eigenvalue weighted by Crippen LogP contribution is -2.28. The van der Waals surface area contributed by atoms with Gasteiger partial charge in [-0.15, -0.1) is 0 Å². The molecule has 2 aromatic carbocycles. The molecule has 2 fully saturated rings. The molecule has 0 atom stereocenters. The molecule has 1 heterocycles. The van der Waals surface area contributed by atoms with Gasteiger partial charge < -0.3 is 0 Å². The van der Waals surface area contributed by atoms with Crippen LogP contribution >= 0.6 is 0 Å². The van der Waals surface area contributed by atoms with Crippen LogP contribution in [0, 0.1) is 29.3 Å². The van der Waals surface area contributed by atoms with Crippen molar-refractivity contribution in [1.82, 2.24) is 0 Å². The normalized spacial score (nSPS) is 23.6. The Morgan fingerprint density at radius 1 is 0.833 bits per heavy atom. The van der Waals surface area contributed by atoms with Gasteiger partial charge >= 0.3 is 0 Å². The maximum Gasteiger partial charge on any atom is 0.194 e. The minimum atomic E-state index is -1.33. The molecule has 161 valence electrons. The van der Waals surface area contributed by atoms with Gasteiger partial charge in [-0.2, -0.15) is 0 Å². The molecule has 0 aromatic heterocycles. The van der Waals surface area contributed by atoms with E-state index in [4.69, 9.17) is 0 Å². The zero-order valence-corrected chi connectivity index (χ0v) is 18.9. The summed E-state index contributed by atoms with van der Waals surface area (Å²) < 4.78 is 43.2. The second kappa shape index (κ2) is 9.72. The lowest BCUT2D eigenvalue weighted by Gasteiger charge is -2.38. The van der Waals surface area contributed by atoms with Crippen molar-refractivity contribution in [3.63, 3.8) is 0 Å². The minimum Gasteiger partial charge on any atom is -0.204 e. The molecule has 1 radical (unpaired) electrons. The molecule has 0 amide bonds. The Bertz CT molecular complexity index is 835. The zero-order valence-electron chi connectivity index (χ0n) is 17.9. The van der Waals surface area contributed by atoms with Crippen LogP contribution in [0.15, 0.2) is 36.4 Å². The van der Waals surface area contributed by atoms with Crippen LogP contribution in [-0.2, 0) is 0 Å². The van der Waals surface area contributed by atoms with Gasteiger partial charge in [-0.25, -0.2) is 13.2 Å². The topological polar surface area (TPSA) is 0 Å². The monoisotopic (exact) mass is 429 g/mol. The van der Waals surface area contributed by atoms with Gasteiger partial charge in [0.2, 0.25) is 0 Å². The molecule has 2 aliphatic rings. The Kier molecular flexibility index (Phi) is 7.02. The van der Waals surface area contributed by atoms with E-state index in [0.717, 1.165) is 43.1 Å². The van der Waals surface area contributed by atoms with Crippen molar-refractivity contribution in [3.8, 4) is 11.1 Å². The summed E-state index contributed by atoms with van der Waals surface area (Å²) in [6, 6.07) is 14.8. The fourth-order valence-electron chi connectivity index (χ4n) is 5.87. The smallest absolute Gasteiger partial charge is 0.194 e. The largest absolute Gasteiger partial charge is 0.204 e. The molecule has 2 aromatic rings. The van der Waals surface area contributed by atoms with Gasteiger partial charge in [-0.3, -0.25) is 0 Å². The Morgan fingerprint density at radius 3 is 2.10 bits per heavy atom. The summed E-state index contributed by atoms with van der Waals surface area (Å²) in [6.45, 7) is 2.30. The summed E-state index contributed by atoms with van der Waals surface area (Å²) >= 11 is 0. The predicted molar refractivity (Wildman–Crippen MR) is 120 cm³/mol. The third-order valence-electron chi connectivity index (χ3n) is 7.47. The summed E-state index contributed by atoms with van der Waals surface area (Å²) in [6.07, 6.45) is 7.98. The van der Waals surface area contributed by atoms with E-state index >= 15 is 0 Å². The summed E-state index contributed by atoms with van der Waals surface area (Å²) in [7, 11) is -0.0993. The van der Waals surface area contributed by atoms with Crippen molar-refractivity contribution in [2.75, 3.05) is 0 Å². The first kappa shape index (κ1) is 21.7. The van der Waals surface area contributed by atoms with Crippen LogP contribution in [0.4, 0.5) is 13.2 Å². The Morgan fingerprint density at radius 2 is 1.47 bits per heavy atom. The molecule has 0 bridgehead atoms. The molecule has 0 unspecified atom stereocenters. The lowest BCUT2D eigenvalue weighted by molar-refractivity contribution is 0.214. The van der Waals surface area contributed by atoms with E-state index in [2.05, 4.69) is 6.92 Å². The molecule has 0 spiro atoms. The Balaban J connectivity index is 1.49. The van der Waals surface area contributed by atoms with Gasteiger partial charge in [0, 0.05) is 14.4 Å². The highest BCUT2D eigenvalue weighted by Gasteiger charge is 2.34. The van der Waals surface area contributed by atoms with Crippen LogP contribution in [0.3, 0.4) is 0 Å². The van der Waals surface area contributed by atoms with E-state index in [0.29, 0.717) is 11.1 Å². The van der Waals surface area contributed by atoms with Crippen molar-refractivity contribution in [1.29, 1.82) is 0 Å². The van der Waals surface area contributed by atoms with E-state index < -0.39 is 17.5 Å². The van der Waals surface area contributed by atoms with Crippen molar-refractivity contribution >= 4 is 8.80 Å². The van der Waals surface area contributed by atoms with Crippen molar-refractivity contribution in [3.05, 3.63) is 59.4 Å². The van der Waals surface area contributed by atoms with E-state index in [1.165, 1.54) is 43.5 Å². The van der Waals surface area contributed by atoms with E-state index in [-0.39, 0.29) is 14.7 Å². The SMILES string of the molecule is CCC[Si]1CCC(C2CCC(c3c(-c4ccccc4)cc(F)c(F)c3F)CC2)CC1. The van der Waals surface area contributed by atoms with Crippen molar-refractivity contribution in [2.24, 2.45) is 11.8 Å². The second-order valence-corrected chi connectivity index (χ2v) is 12.3. The predicted octanol–water partition coefficient (Wildman–Crippen LogP) is 8.36. The van der Waals surface area contributed by atoms with Crippen molar-refractivity contribution in [2.45, 2.75) is 75.9 Å². The minimum absolute atomic E-state index is 0.0325. The highest BCUT2D eigenvalue weighted by molar-refractivity contribution is 6.58. The summed E-state index contributed by atoms with van der Waals surface area (Å²) in [5.74, 6) is -1.91. The van der Waals surface area contributed by atoms with Gasteiger partial charge in [-0.05, 0) is 60.6 Å². The summed E-state index contributed by atoms with van der Waals surface area (Å²) in [4.78, 5) is 0. The van der Waals surface area contributed by atoms with Crippen LogP contribution in [0.1, 0.15) is 63.4 Å². The average Bonchev–Trinajstić information content (AvgIpc) is 2.79. The maximum atomic E-state index is 14.9. The summed E-state index contributed by atoms with van der Waals surface area (Å²) in [5, 5.41) is 0. The molecular weight excluding hydrogens is 397 g/mol. The highest BCUT2D eigenvalue weighted by Crippen LogP contribution is 2.46. The number of rotatable bonds is 5. The first-order valence-electron chi connectivity index (χ1n) is 11.6. The highest BCUT2D eigenvalue weighted by atomic mass is 28.3. The molecule has 1 aliphatic heterocycles. The second-order valence-electron chi connectivity index (χ2n) is 9.26. The molecule has 0 nitrogen and oxygen atoms in total. The number of benzene rings is 2. The third-order valence-corrected chi connectivity index (χ3v) is 10.7. The van der Waals surface area contributed by atoms with E-state index in [1.807, 2.05) is 30.3 Å². The van der Waals surface area contributed by atoms with Gasteiger partial charge in [-0.1, -0.05) is 74.7 Å². The van der Waals surface area contributed by atoms with Gasteiger partial charge in [0.25, 0.3) is 0 Å². The molecule has 0 N–H and O–H groups in total. The van der Waals surface area contributed by atoms with E-state index in [9.17, 15) is 13.2 Å². The molecule has 1 saturated heterocycles. The lowest BCUT2D eigenvalue weighted by atomic mass is 9.71. The number of hydrogen-bond donors (Lipinski definition) is 0. The molecule has 30 heavy (non-hydrogen) atoms. The van der Waals surface area contributed by atoms with Crippen LogP contribution in [-0.4, -0.2) is 8.80 Å². The quantitative estimate of drug-likeness (QED) is 0.331. The molecule has 1 saturated carbocycles. The summed E-state index contributed by atoms with van der Waals surface area (Å²) in [5.41, 5.74) is 1.65. The van der Waals surface area contributed by atoms with Crippen molar-refractivity contribution < 1.29 is 13.2 Å². The zero-order chi connectivity index (χ0) is 21.1. The van der Waals surface area contributed by atoms with Gasteiger partial charge in [0.1, 0.15) is 0 Å².